The van der Waals surface area contributed by atoms with Crippen LogP contribution < -0.4 is 15.8 Å². The number of hydrogen-bond acceptors (Lipinski definition) is 4. The third kappa shape index (κ3) is 2.10. The van der Waals surface area contributed by atoms with Gasteiger partial charge in [0.2, 0.25) is 0 Å². The van der Waals surface area contributed by atoms with Crippen molar-refractivity contribution in [2.24, 2.45) is 5.73 Å². The Morgan fingerprint density at radius 1 is 1.65 bits per heavy atom. The van der Waals surface area contributed by atoms with Gasteiger partial charge in [0.15, 0.2) is 5.60 Å². The van der Waals surface area contributed by atoms with E-state index in [0.29, 0.717) is 12.3 Å². The average Bonchev–Trinajstić information content (AvgIpc) is 2.72. The molecule has 1 aromatic rings. The van der Waals surface area contributed by atoms with Crippen LogP contribution in [0.15, 0.2) is 22.7 Å². The second-order valence-electron chi connectivity index (χ2n) is 3.79. The van der Waals surface area contributed by atoms with Crippen LogP contribution >= 0.6 is 15.9 Å². The first-order valence-corrected chi connectivity index (χ1v) is 5.91. The lowest BCUT2D eigenvalue weighted by molar-refractivity contribution is 0.0596. The summed E-state index contributed by atoms with van der Waals surface area (Å²) < 4.78 is 11.5. The normalized spacial score (nSPS) is 23.1. The number of nitrogens with one attached hydrogen (secondary N) is 1. The standard InChI is InChI=1S/C11H13BrN2O3/c1-16-9-3-2-7(12)4-8(9)11(5-13)6-14-10(15)17-11/h2-4H,5-6,13H2,1H3,(H,14,15). The van der Waals surface area contributed by atoms with Gasteiger partial charge in [-0.15, -0.1) is 0 Å². The summed E-state index contributed by atoms with van der Waals surface area (Å²) in [6.07, 6.45) is -0.461. The smallest absolute Gasteiger partial charge is 0.408 e. The van der Waals surface area contributed by atoms with Gasteiger partial charge in [0, 0.05) is 16.6 Å². The van der Waals surface area contributed by atoms with Crippen molar-refractivity contribution in [1.29, 1.82) is 0 Å². The van der Waals surface area contributed by atoms with Crippen LogP contribution in [0.5, 0.6) is 5.75 Å². The molecule has 6 heteroatoms. The Balaban J connectivity index is 2.50. The number of ether oxygens (including phenoxy) is 2. The van der Waals surface area contributed by atoms with E-state index in [1.165, 1.54) is 0 Å². The van der Waals surface area contributed by atoms with Gasteiger partial charge in [0.1, 0.15) is 5.75 Å². The highest BCUT2D eigenvalue weighted by atomic mass is 79.9. The molecule has 1 aliphatic heterocycles. The summed E-state index contributed by atoms with van der Waals surface area (Å²) in [5.41, 5.74) is 5.65. The Bertz CT molecular complexity index is 452. The van der Waals surface area contributed by atoms with Gasteiger partial charge in [-0.3, -0.25) is 0 Å². The number of benzene rings is 1. The maximum atomic E-state index is 11.2. The molecule has 1 saturated heterocycles. The molecule has 1 unspecified atom stereocenters. The number of halogens is 1. The maximum absolute atomic E-state index is 11.2. The molecule has 1 aliphatic rings. The van der Waals surface area contributed by atoms with E-state index in [1.807, 2.05) is 18.2 Å². The predicted octanol–water partition coefficient (Wildman–Crippen LogP) is 1.35. The fourth-order valence-electron chi connectivity index (χ4n) is 1.87. The van der Waals surface area contributed by atoms with Gasteiger partial charge in [0.25, 0.3) is 0 Å². The minimum atomic E-state index is -0.855. The van der Waals surface area contributed by atoms with Crippen LogP contribution in [0.3, 0.4) is 0 Å². The monoisotopic (exact) mass is 300 g/mol. The van der Waals surface area contributed by atoms with E-state index >= 15 is 0 Å². The SMILES string of the molecule is COc1ccc(Br)cc1C1(CN)CNC(=O)O1. The van der Waals surface area contributed by atoms with Crippen molar-refractivity contribution < 1.29 is 14.3 Å². The van der Waals surface area contributed by atoms with E-state index in [-0.39, 0.29) is 6.54 Å². The highest BCUT2D eigenvalue weighted by molar-refractivity contribution is 9.10. The van der Waals surface area contributed by atoms with Crippen LogP contribution in [0.1, 0.15) is 5.56 Å². The predicted molar refractivity (Wildman–Crippen MR) is 65.9 cm³/mol. The number of carbonyl (C=O) groups excluding carboxylic acids is 1. The zero-order chi connectivity index (χ0) is 12.5. The van der Waals surface area contributed by atoms with E-state index in [1.54, 1.807) is 7.11 Å². The summed E-state index contributed by atoms with van der Waals surface area (Å²) in [6, 6.07) is 5.52. The molecule has 2 rings (SSSR count). The lowest BCUT2D eigenvalue weighted by Gasteiger charge is -2.26. The molecule has 0 saturated carbocycles. The molecule has 1 heterocycles. The number of amides is 1. The molecule has 1 fully saturated rings. The summed E-state index contributed by atoms with van der Waals surface area (Å²) in [5, 5.41) is 2.62. The minimum Gasteiger partial charge on any atom is -0.496 e. The van der Waals surface area contributed by atoms with Crippen LogP contribution in [0, 0.1) is 0 Å². The van der Waals surface area contributed by atoms with Gasteiger partial charge in [0.05, 0.1) is 13.7 Å². The molecule has 1 atom stereocenters. The molecular formula is C11H13BrN2O3. The molecule has 0 aliphatic carbocycles. The number of cyclic esters (lactones) is 1. The van der Waals surface area contributed by atoms with Crippen LogP contribution in [0.2, 0.25) is 0 Å². The van der Waals surface area contributed by atoms with Crippen molar-refractivity contribution in [2.75, 3.05) is 20.2 Å². The van der Waals surface area contributed by atoms with Crippen LogP contribution in [-0.2, 0) is 10.3 Å². The Morgan fingerprint density at radius 3 is 2.94 bits per heavy atom. The number of alkyl carbamates (subject to hydrolysis) is 1. The van der Waals surface area contributed by atoms with E-state index in [2.05, 4.69) is 21.2 Å². The number of methoxy groups -OCH3 is 1. The van der Waals surface area contributed by atoms with Crippen molar-refractivity contribution in [3.63, 3.8) is 0 Å². The van der Waals surface area contributed by atoms with Gasteiger partial charge in [-0.2, -0.15) is 0 Å². The maximum Gasteiger partial charge on any atom is 0.408 e. The lowest BCUT2D eigenvalue weighted by Crippen LogP contribution is -2.39. The van der Waals surface area contributed by atoms with Gasteiger partial charge < -0.3 is 20.5 Å². The van der Waals surface area contributed by atoms with Crippen molar-refractivity contribution in [3.05, 3.63) is 28.2 Å². The van der Waals surface area contributed by atoms with Gasteiger partial charge >= 0.3 is 6.09 Å². The Morgan fingerprint density at radius 2 is 2.41 bits per heavy atom. The third-order valence-electron chi connectivity index (χ3n) is 2.79. The summed E-state index contributed by atoms with van der Waals surface area (Å²) in [4.78, 5) is 11.2. The first-order chi connectivity index (χ1) is 8.11. The molecular weight excluding hydrogens is 288 g/mol. The molecule has 0 bridgehead atoms. The fourth-order valence-corrected chi connectivity index (χ4v) is 2.24. The number of carbonyl (C=O) groups is 1. The average molecular weight is 301 g/mol. The van der Waals surface area contributed by atoms with Gasteiger partial charge in [-0.05, 0) is 18.2 Å². The molecule has 0 spiro atoms. The largest absolute Gasteiger partial charge is 0.496 e. The molecule has 1 aromatic carbocycles. The van der Waals surface area contributed by atoms with Gasteiger partial charge in [-0.25, -0.2) is 4.79 Å². The van der Waals surface area contributed by atoms with Crippen molar-refractivity contribution in [2.45, 2.75) is 5.60 Å². The number of rotatable bonds is 3. The van der Waals surface area contributed by atoms with Gasteiger partial charge in [-0.1, -0.05) is 15.9 Å². The lowest BCUT2D eigenvalue weighted by atomic mass is 9.93. The van der Waals surface area contributed by atoms with E-state index in [0.717, 1.165) is 10.0 Å². The highest BCUT2D eigenvalue weighted by Crippen LogP contribution is 2.36. The van der Waals surface area contributed by atoms with Crippen LogP contribution in [0.4, 0.5) is 4.79 Å². The summed E-state index contributed by atoms with van der Waals surface area (Å²) in [6.45, 7) is 0.535. The van der Waals surface area contributed by atoms with E-state index in [9.17, 15) is 4.79 Å². The molecule has 5 nitrogen and oxygen atoms in total. The van der Waals surface area contributed by atoms with Crippen LogP contribution in [-0.4, -0.2) is 26.3 Å². The zero-order valence-corrected chi connectivity index (χ0v) is 10.9. The molecule has 0 aromatic heterocycles. The molecule has 1 amide bonds. The number of nitrogens with two attached hydrogens (primary N) is 1. The Hall–Kier alpha value is -1.27. The summed E-state index contributed by atoms with van der Waals surface area (Å²) in [5.74, 6) is 0.648. The first kappa shape index (κ1) is 12.2. The van der Waals surface area contributed by atoms with Crippen molar-refractivity contribution in [1.82, 2.24) is 5.32 Å². The summed E-state index contributed by atoms with van der Waals surface area (Å²) >= 11 is 3.38. The Labute approximate surface area is 107 Å². The van der Waals surface area contributed by atoms with Crippen molar-refractivity contribution in [3.8, 4) is 5.75 Å². The third-order valence-corrected chi connectivity index (χ3v) is 3.28. The van der Waals surface area contributed by atoms with Crippen LogP contribution in [0.25, 0.3) is 0 Å². The van der Waals surface area contributed by atoms with E-state index < -0.39 is 11.7 Å². The highest BCUT2D eigenvalue weighted by Gasteiger charge is 2.43. The number of hydrogen-bond donors (Lipinski definition) is 2. The van der Waals surface area contributed by atoms with E-state index in [4.69, 9.17) is 15.2 Å². The second-order valence-corrected chi connectivity index (χ2v) is 4.70. The second kappa shape index (κ2) is 4.54. The summed E-state index contributed by atoms with van der Waals surface area (Å²) in [7, 11) is 1.57. The first-order valence-electron chi connectivity index (χ1n) is 5.12. The topological polar surface area (TPSA) is 73.6 Å². The fraction of sp³-hybridized carbons (Fsp3) is 0.364. The Kier molecular flexibility index (Phi) is 3.26. The molecule has 3 N–H and O–H groups in total. The molecule has 92 valence electrons. The zero-order valence-electron chi connectivity index (χ0n) is 9.33. The molecule has 17 heavy (non-hydrogen) atoms. The quantitative estimate of drug-likeness (QED) is 0.884. The molecule has 0 radical (unpaired) electrons. The van der Waals surface area contributed by atoms with Crippen molar-refractivity contribution >= 4 is 22.0 Å². The minimum absolute atomic E-state index is 0.193.